The largest absolute Gasteiger partial charge is 0.465 e. The van der Waals surface area contributed by atoms with Crippen LogP contribution in [0, 0.1) is 13.8 Å². The number of anilines is 3. The standard InChI is InChI=1S/C30H27N3O5S2/c1-18-9-7-10-20(15-18)27(35)32-22-13-8-14-23(16-22)39-17-24(34)33-29-25(30(37)38-3)19(2)26(40-29)28(36)31-21-11-5-4-6-12-21/h4-16H,17H2,1-3H3,(H,31,36)(H,32,35)(H,33,34). The number of hydrogen-bond donors (Lipinski definition) is 3. The molecule has 4 aromatic rings. The van der Waals surface area contributed by atoms with E-state index in [9.17, 15) is 19.2 Å². The molecule has 0 fully saturated rings. The van der Waals surface area contributed by atoms with E-state index in [2.05, 4.69) is 16.0 Å². The Labute approximate surface area is 240 Å². The van der Waals surface area contributed by atoms with Crippen molar-refractivity contribution in [2.24, 2.45) is 0 Å². The first-order valence-electron chi connectivity index (χ1n) is 12.2. The Bertz CT molecular complexity index is 1570. The average molecular weight is 574 g/mol. The number of hydrogen-bond acceptors (Lipinski definition) is 7. The van der Waals surface area contributed by atoms with E-state index in [1.807, 2.05) is 37.3 Å². The Hall–Kier alpha value is -4.41. The van der Waals surface area contributed by atoms with Gasteiger partial charge in [0.2, 0.25) is 5.91 Å². The second-order valence-electron chi connectivity index (χ2n) is 8.76. The van der Waals surface area contributed by atoms with Crippen LogP contribution < -0.4 is 16.0 Å². The number of benzene rings is 3. The highest BCUT2D eigenvalue weighted by molar-refractivity contribution is 8.00. The highest BCUT2D eigenvalue weighted by atomic mass is 32.2. The summed E-state index contributed by atoms with van der Waals surface area (Å²) in [6, 6.07) is 23.4. The second-order valence-corrected chi connectivity index (χ2v) is 10.8. The number of carbonyl (C=O) groups is 4. The molecule has 0 spiro atoms. The molecule has 3 N–H and O–H groups in total. The number of nitrogens with one attached hydrogen (secondary N) is 3. The molecule has 1 heterocycles. The summed E-state index contributed by atoms with van der Waals surface area (Å²) < 4.78 is 4.91. The minimum Gasteiger partial charge on any atom is -0.465 e. The lowest BCUT2D eigenvalue weighted by molar-refractivity contribution is -0.113. The summed E-state index contributed by atoms with van der Waals surface area (Å²) in [4.78, 5) is 52.0. The van der Waals surface area contributed by atoms with Crippen LogP contribution in [-0.2, 0) is 9.53 Å². The van der Waals surface area contributed by atoms with E-state index in [1.165, 1.54) is 18.9 Å². The molecule has 204 valence electrons. The van der Waals surface area contributed by atoms with Crippen molar-refractivity contribution in [2.45, 2.75) is 18.7 Å². The van der Waals surface area contributed by atoms with Gasteiger partial charge in [-0.1, -0.05) is 42.0 Å². The highest BCUT2D eigenvalue weighted by Crippen LogP contribution is 2.34. The third kappa shape index (κ3) is 7.16. The highest BCUT2D eigenvalue weighted by Gasteiger charge is 2.26. The van der Waals surface area contributed by atoms with Crippen molar-refractivity contribution in [3.05, 3.63) is 106 Å². The monoisotopic (exact) mass is 573 g/mol. The van der Waals surface area contributed by atoms with Gasteiger partial charge in [0.25, 0.3) is 11.8 Å². The number of thioether (sulfide) groups is 1. The van der Waals surface area contributed by atoms with Crippen molar-refractivity contribution in [3.63, 3.8) is 0 Å². The number of amides is 3. The molecule has 0 unspecified atom stereocenters. The SMILES string of the molecule is COC(=O)c1c(NC(=O)CSc2cccc(NC(=O)c3cccc(C)c3)c2)sc(C(=O)Nc2ccccc2)c1C. The van der Waals surface area contributed by atoms with Crippen LogP contribution in [0.4, 0.5) is 16.4 Å². The molecule has 0 bridgehead atoms. The molecule has 8 nitrogen and oxygen atoms in total. The lowest BCUT2D eigenvalue weighted by Gasteiger charge is -2.09. The first-order valence-corrected chi connectivity index (χ1v) is 14.0. The normalized spacial score (nSPS) is 10.5. The van der Waals surface area contributed by atoms with Crippen molar-refractivity contribution >= 4 is 63.2 Å². The van der Waals surface area contributed by atoms with Crippen molar-refractivity contribution in [3.8, 4) is 0 Å². The minimum atomic E-state index is -0.646. The number of methoxy groups -OCH3 is 1. The fourth-order valence-corrected chi connectivity index (χ4v) is 5.70. The van der Waals surface area contributed by atoms with E-state index in [4.69, 9.17) is 4.74 Å². The number of carbonyl (C=O) groups excluding carboxylic acids is 4. The van der Waals surface area contributed by atoms with E-state index in [0.717, 1.165) is 21.8 Å². The van der Waals surface area contributed by atoms with Gasteiger partial charge < -0.3 is 20.7 Å². The van der Waals surface area contributed by atoms with Gasteiger partial charge in [0.15, 0.2) is 0 Å². The molecule has 0 aliphatic rings. The Morgan fingerprint density at radius 3 is 2.23 bits per heavy atom. The molecule has 3 amide bonds. The fourth-order valence-electron chi connectivity index (χ4n) is 3.84. The van der Waals surface area contributed by atoms with Gasteiger partial charge in [-0.05, 0) is 61.9 Å². The molecule has 0 aliphatic carbocycles. The zero-order chi connectivity index (χ0) is 28.6. The Kier molecular flexibility index (Phi) is 9.36. The first-order chi connectivity index (χ1) is 19.2. The van der Waals surface area contributed by atoms with Crippen LogP contribution in [0.2, 0.25) is 0 Å². The molecule has 0 atom stereocenters. The van der Waals surface area contributed by atoms with Gasteiger partial charge >= 0.3 is 5.97 Å². The summed E-state index contributed by atoms with van der Waals surface area (Å²) in [5.74, 6) is -1.58. The summed E-state index contributed by atoms with van der Waals surface area (Å²) in [6.45, 7) is 3.56. The Morgan fingerprint density at radius 1 is 0.800 bits per heavy atom. The zero-order valence-corrected chi connectivity index (χ0v) is 23.7. The van der Waals surface area contributed by atoms with Crippen molar-refractivity contribution < 1.29 is 23.9 Å². The van der Waals surface area contributed by atoms with E-state index < -0.39 is 11.9 Å². The predicted octanol–water partition coefficient (Wildman–Crippen LogP) is 6.39. The van der Waals surface area contributed by atoms with Crippen molar-refractivity contribution in [1.82, 2.24) is 0 Å². The molecule has 40 heavy (non-hydrogen) atoms. The van der Waals surface area contributed by atoms with Crippen LogP contribution in [0.25, 0.3) is 0 Å². The fraction of sp³-hybridized carbons (Fsp3) is 0.133. The first kappa shape index (κ1) is 28.6. The van der Waals surface area contributed by atoms with E-state index in [0.29, 0.717) is 27.4 Å². The maximum atomic E-state index is 12.9. The van der Waals surface area contributed by atoms with Gasteiger partial charge in [-0.2, -0.15) is 0 Å². The van der Waals surface area contributed by atoms with Crippen LogP contribution in [0.5, 0.6) is 0 Å². The molecule has 10 heteroatoms. The summed E-state index contributed by atoms with van der Waals surface area (Å²) >= 11 is 2.29. The number of para-hydroxylation sites is 1. The number of rotatable bonds is 9. The molecule has 0 aliphatic heterocycles. The summed E-state index contributed by atoms with van der Waals surface area (Å²) in [6.07, 6.45) is 0. The van der Waals surface area contributed by atoms with Gasteiger partial charge in [-0.15, -0.1) is 23.1 Å². The molecular formula is C30H27N3O5S2. The van der Waals surface area contributed by atoms with Crippen molar-refractivity contribution in [1.29, 1.82) is 0 Å². The van der Waals surface area contributed by atoms with Crippen LogP contribution >= 0.6 is 23.1 Å². The van der Waals surface area contributed by atoms with E-state index in [-0.39, 0.29) is 28.1 Å². The summed E-state index contributed by atoms with van der Waals surface area (Å²) in [5.41, 5.74) is 3.33. The third-order valence-electron chi connectivity index (χ3n) is 5.77. The topological polar surface area (TPSA) is 114 Å². The van der Waals surface area contributed by atoms with Gasteiger partial charge in [0, 0.05) is 21.8 Å². The smallest absolute Gasteiger partial charge is 0.341 e. The summed E-state index contributed by atoms with van der Waals surface area (Å²) in [5, 5.41) is 8.68. The van der Waals surface area contributed by atoms with Crippen LogP contribution in [0.3, 0.4) is 0 Å². The number of ether oxygens (including phenoxy) is 1. The van der Waals surface area contributed by atoms with Crippen LogP contribution in [-0.4, -0.2) is 36.6 Å². The zero-order valence-electron chi connectivity index (χ0n) is 22.1. The minimum absolute atomic E-state index is 0.0401. The Balaban J connectivity index is 1.42. The lowest BCUT2D eigenvalue weighted by atomic mass is 10.1. The maximum Gasteiger partial charge on any atom is 0.341 e. The van der Waals surface area contributed by atoms with E-state index >= 15 is 0 Å². The third-order valence-corrected chi connectivity index (χ3v) is 7.97. The second kappa shape index (κ2) is 13.1. The summed E-state index contributed by atoms with van der Waals surface area (Å²) in [7, 11) is 1.25. The molecule has 3 aromatic carbocycles. The van der Waals surface area contributed by atoms with E-state index in [1.54, 1.807) is 55.5 Å². The quantitative estimate of drug-likeness (QED) is 0.158. The molecule has 1 aromatic heterocycles. The number of thiophene rings is 1. The maximum absolute atomic E-state index is 12.9. The van der Waals surface area contributed by atoms with Gasteiger partial charge in [0.1, 0.15) is 5.00 Å². The molecular weight excluding hydrogens is 546 g/mol. The van der Waals surface area contributed by atoms with Gasteiger partial charge in [0.05, 0.1) is 23.3 Å². The van der Waals surface area contributed by atoms with Gasteiger partial charge in [-0.3, -0.25) is 14.4 Å². The van der Waals surface area contributed by atoms with Gasteiger partial charge in [-0.25, -0.2) is 4.79 Å². The Morgan fingerprint density at radius 2 is 1.50 bits per heavy atom. The molecule has 0 radical (unpaired) electrons. The predicted molar refractivity (Wildman–Crippen MR) is 160 cm³/mol. The molecule has 0 saturated carbocycles. The number of aryl methyl sites for hydroxylation is 1. The molecule has 4 rings (SSSR count). The molecule has 0 saturated heterocycles. The van der Waals surface area contributed by atoms with Crippen LogP contribution in [0.1, 0.15) is 41.5 Å². The van der Waals surface area contributed by atoms with Crippen molar-refractivity contribution in [2.75, 3.05) is 28.8 Å². The average Bonchev–Trinajstić information content (AvgIpc) is 3.27. The lowest BCUT2D eigenvalue weighted by Crippen LogP contribution is -2.16. The van der Waals surface area contributed by atoms with Crippen LogP contribution in [0.15, 0.2) is 83.8 Å². The number of esters is 1.